The number of esters is 1. The first-order chi connectivity index (χ1) is 17.2. The summed E-state index contributed by atoms with van der Waals surface area (Å²) in [5, 5.41) is 12.0. The Bertz CT molecular complexity index is 1330. The van der Waals surface area contributed by atoms with Crippen molar-refractivity contribution in [1.82, 2.24) is 14.9 Å². The lowest BCUT2D eigenvalue weighted by molar-refractivity contribution is -0.695. The minimum Gasteiger partial charge on any atom is -0.507 e. The molecule has 3 N–H and O–H groups in total. The summed E-state index contributed by atoms with van der Waals surface area (Å²) >= 11 is 6.08. The number of nitrogens with one attached hydrogen (secondary N) is 2. The maximum Gasteiger partial charge on any atom is 0.355 e. The Labute approximate surface area is 213 Å². The number of aliphatic hydroxyl groups is 1. The molecule has 0 bridgehead atoms. The molecule has 0 spiro atoms. The number of H-pyrrole nitrogens is 2. The van der Waals surface area contributed by atoms with Gasteiger partial charge >= 0.3 is 5.97 Å². The van der Waals surface area contributed by atoms with Crippen LogP contribution < -0.4 is 4.57 Å². The van der Waals surface area contributed by atoms with Crippen LogP contribution in [-0.2, 0) is 20.9 Å². The predicted octanol–water partition coefficient (Wildman–Crippen LogP) is 3.59. The van der Waals surface area contributed by atoms with E-state index in [1.54, 1.807) is 51.2 Å². The van der Waals surface area contributed by atoms with Crippen LogP contribution >= 0.6 is 11.6 Å². The first-order valence-electron chi connectivity index (χ1n) is 11.7. The van der Waals surface area contributed by atoms with E-state index in [1.165, 1.54) is 4.90 Å². The predicted molar refractivity (Wildman–Crippen MR) is 132 cm³/mol. The van der Waals surface area contributed by atoms with Crippen molar-refractivity contribution in [2.24, 2.45) is 0 Å². The lowest BCUT2D eigenvalue weighted by atomic mass is 9.94. The summed E-state index contributed by atoms with van der Waals surface area (Å²) in [7, 11) is 0. The SMILES string of the molecule is CCOC(=O)c1[nH]c(C)c(C(O)=C2C(=O)C(=O)N(CCC[n+]3cc[nH]c3)C2c2ccc(Cl)cc2)c1C. The van der Waals surface area contributed by atoms with Crippen LogP contribution in [0.4, 0.5) is 0 Å². The number of hydrogen-bond donors (Lipinski definition) is 3. The molecule has 1 unspecified atom stereocenters. The van der Waals surface area contributed by atoms with E-state index in [0.29, 0.717) is 46.9 Å². The first-order valence-corrected chi connectivity index (χ1v) is 12.0. The van der Waals surface area contributed by atoms with Crippen molar-refractivity contribution in [2.75, 3.05) is 13.2 Å². The van der Waals surface area contributed by atoms with Gasteiger partial charge in [0, 0.05) is 29.2 Å². The summed E-state index contributed by atoms with van der Waals surface area (Å²) in [6.45, 7) is 6.18. The molecule has 0 saturated carbocycles. The average Bonchev–Trinajstić information content (AvgIpc) is 3.53. The van der Waals surface area contributed by atoms with Gasteiger partial charge in [0.2, 0.25) is 6.33 Å². The molecule has 1 aromatic carbocycles. The van der Waals surface area contributed by atoms with Gasteiger partial charge in [0.05, 0.1) is 24.8 Å². The van der Waals surface area contributed by atoms with Crippen molar-refractivity contribution in [3.8, 4) is 0 Å². The monoisotopic (exact) mass is 511 g/mol. The quantitative estimate of drug-likeness (QED) is 0.140. The standard InChI is InChI=1S/C26H27ClN4O5/c1-4-36-26(35)21-15(2)19(16(3)29-21)23(32)20-22(17-6-8-18(27)9-7-17)31(25(34)24(20)33)12-5-11-30-13-10-28-14-30/h6-10,13-14,22H,4-5,11-12H2,1-3H3,(H2,29,32,33,35)/p+1. The van der Waals surface area contributed by atoms with Crippen LogP contribution in [0.2, 0.25) is 5.02 Å². The van der Waals surface area contributed by atoms with Gasteiger partial charge in [-0.15, -0.1) is 0 Å². The van der Waals surface area contributed by atoms with E-state index >= 15 is 0 Å². The Balaban J connectivity index is 1.78. The van der Waals surface area contributed by atoms with Gasteiger partial charge in [0.25, 0.3) is 11.7 Å². The molecule has 9 nitrogen and oxygen atoms in total. The van der Waals surface area contributed by atoms with Gasteiger partial charge in [-0.2, -0.15) is 0 Å². The third-order valence-corrected chi connectivity index (χ3v) is 6.55. The van der Waals surface area contributed by atoms with Gasteiger partial charge < -0.3 is 19.7 Å². The molecule has 188 valence electrons. The number of amides is 1. The lowest BCUT2D eigenvalue weighted by Crippen LogP contribution is -2.36. The van der Waals surface area contributed by atoms with Gasteiger partial charge in [-0.1, -0.05) is 23.7 Å². The highest BCUT2D eigenvalue weighted by atomic mass is 35.5. The van der Waals surface area contributed by atoms with Gasteiger partial charge in [0.15, 0.2) is 0 Å². The molecule has 1 saturated heterocycles. The molecule has 1 atom stereocenters. The molecule has 36 heavy (non-hydrogen) atoms. The van der Waals surface area contributed by atoms with Crippen LogP contribution in [0.3, 0.4) is 0 Å². The number of aliphatic hydroxyl groups excluding tert-OH is 1. The summed E-state index contributed by atoms with van der Waals surface area (Å²) in [6, 6.07) is 6.02. The highest BCUT2D eigenvalue weighted by Crippen LogP contribution is 2.41. The number of aromatic amines is 2. The van der Waals surface area contributed by atoms with E-state index in [4.69, 9.17) is 16.3 Å². The smallest absolute Gasteiger partial charge is 0.355 e. The van der Waals surface area contributed by atoms with Gasteiger partial charge in [-0.25, -0.2) is 9.36 Å². The highest BCUT2D eigenvalue weighted by Gasteiger charge is 2.46. The zero-order valence-electron chi connectivity index (χ0n) is 20.3. The van der Waals surface area contributed by atoms with Crippen molar-refractivity contribution in [1.29, 1.82) is 0 Å². The number of imidazole rings is 1. The van der Waals surface area contributed by atoms with Crippen molar-refractivity contribution in [3.63, 3.8) is 0 Å². The van der Waals surface area contributed by atoms with E-state index < -0.39 is 23.7 Å². The van der Waals surface area contributed by atoms with Crippen molar-refractivity contribution in [3.05, 3.63) is 81.7 Å². The third kappa shape index (κ3) is 4.66. The maximum atomic E-state index is 13.3. The number of ketones is 1. The second-order valence-electron chi connectivity index (χ2n) is 8.59. The second-order valence-corrected chi connectivity index (χ2v) is 9.03. The number of nitrogens with zero attached hydrogens (tertiary/aromatic N) is 2. The molecule has 2 aromatic heterocycles. The number of carbonyl (C=O) groups is 3. The zero-order chi connectivity index (χ0) is 26.0. The number of Topliss-reactive ketones (excluding diaryl/α,β-unsaturated/α-hetero) is 1. The number of aryl methyl sites for hydroxylation is 2. The molecule has 1 aliphatic rings. The molecular weight excluding hydrogens is 484 g/mol. The molecule has 1 aliphatic heterocycles. The third-order valence-electron chi connectivity index (χ3n) is 6.30. The lowest BCUT2D eigenvalue weighted by Gasteiger charge is -2.25. The average molecular weight is 512 g/mol. The molecule has 10 heteroatoms. The number of aromatic nitrogens is 3. The van der Waals surface area contributed by atoms with E-state index in [0.717, 1.165) is 0 Å². The summed E-state index contributed by atoms with van der Waals surface area (Å²) in [6.07, 6.45) is 6.08. The largest absolute Gasteiger partial charge is 0.507 e. The number of halogens is 1. The summed E-state index contributed by atoms with van der Waals surface area (Å²) in [4.78, 5) is 46.2. The molecular formula is C26H28ClN4O5+. The molecule has 0 aliphatic carbocycles. The first kappa shape index (κ1) is 25.2. The summed E-state index contributed by atoms with van der Waals surface area (Å²) in [5.74, 6) is -2.36. The van der Waals surface area contributed by atoms with E-state index in [-0.39, 0.29) is 23.6 Å². The maximum absolute atomic E-state index is 13.3. The molecule has 3 aromatic rings. The second kappa shape index (κ2) is 10.4. The fourth-order valence-electron chi connectivity index (χ4n) is 4.63. The number of likely N-dealkylation sites (tertiary alicyclic amines) is 1. The fourth-order valence-corrected chi connectivity index (χ4v) is 4.76. The van der Waals surface area contributed by atoms with Gasteiger partial charge in [-0.05, 0) is 44.0 Å². The van der Waals surface area contributed by atoms with Crippen LogP contribution in [-0.4, -0.2) is 50.8 Å². The van der Waals surface area contributed by atoms with E-state index in [1.807, 2.05) is 17.1 Å². The minimum absolute atomic E-state index is 0.0303. The number of benzene rings is 1. The van der Waals surface area contributed by atoms with Gasteiger partial charge in [-0.3, -0.25) is 14.6 Å². The Hall–Kier alpha value is -3.85. The highest BCUT2D eigenvalue weighted by molar-refractivity contribution is 6.46. The molecule has 3 heterocycles. The van der Waals surface area contributed by atoms with Crippen LogP contribution in [0.1, 0.15) is 52.3 Å². The van der Waals surface area contributed by atoms with Crippen LogP contribution in [0.5, 0.6) is 0 Å². The molecule has 0 radical (unpaired) electrons. The topological polar surface area (TPSA) is 119 Å². The van der Waals surface area contributed by atoms with Crippen molar-refractivity contribution < 1.29 is 28.8 Å². The van der Waals surface area contributed by atoms with Crippen LogP contribution in [0.15, 0.2) is 48.6 Å². The summed E-state index contributed by atoms with van der Waals surface area (Å²) < 4.78 is 7.04. The number of ether oxygens (including phenoxy) is 1. The molecule has 4 rings (SSSR count). The van der Waals surface area contributed by atoms with Crippen LogP contribution in [0.25, 0.3) is 5.76 Å². The van der Waals surface area contributed by atoms with Crippen molar-refractivity contribution >= 4 is 35.0 Å². The van der Waals surface area contributed by atoms with E-state index in [9.17, 15) is 19.5 Å². The Morgan fingerprint density at radius 2 is 1.94 bits per heavy atom. The normalized spacial score (nSPS) is 17.1. The Morgan fingerprint density at radius 3 is 2.58 bits per heavy atom. The molecule has 1 amide bonds. The number of rotatable bonds is 8. The zero-order valence-corrected chi connectivity index (χ0v) is 21.1. The van der Waals surface area contributed by atoms with Gasteiger partial charge in [0.1, 0.15) is 23.8 Å². The summed E-state index contributed by atoms with van der Waals surface area (Å²) in [5.41, 5.74) is 2.03. The van der Waals surface area contributed by atoms with Crippen LogP contribution in [0, 0.1) is 13.8 Å². The fraction of sp³-hybridized carbons (Fsp3) is 0.308. The Morgan fingerprint density at radius 1 is 1.22 bits per heavy atom. The van der Waals surface area contributed by atoms with Crippen molar-refractivity contribution in [2.45, 2.75) is 39.8 Å². The number of carbonyl (C=O) groups excluding carboxylic acids is 3. The molecule has 1 fully saturated rings. The Kier molecular flexibility index (Phi) is 7.30. The van der Waals surface area contributed by atoms with E-state index in [2.05, 4.69) is 9.97 Å². The minimum atomic E-state index is -0.807. The number of hydrogen-bond acceptors (Lipinski definition) is 5.